The standard InChI is InChI=1S/C16H16ClNO2/c17-15-8-4-2-6-13(15)11-18-10-9-12-5-1-3-7-14(12)16(19)20/h1-8,18H,9-11H2,(H,19,20). The number of hydrogen-bond acceptors (Lipinski definition) is 2. The van der Waals surface area contributed by atoms with Gasteiger partial charge in [-0.3, -0.25) is 0 Å². The molecule has 2 aromatic carbocycles. The summed E-state index contributed by atoms with van der Waals surface area (Å²) in [6, 6.07) is 14.8. The molecule has 0 aliphatic heterocycles. The summed E-state index contributed by atoms with van der Waals surface area (Å²) in [4.78, 5) is 11.1. The smallest absolute Gasteiger partial charge is 0.335 e. The molecule has 2 aromatic rings. The summed E-state index contributed by atoms with van der Waals surface area (Å²) in [6.07, 6.45) is 0.674. The van der Waals surface area contributed by atoms with Crippen molar-refractivity contribution in [1.82, 2.24) is 5.32 Å². The van der Waals surface area contributed by atoms with Crippen LogP contribution in [0.3, 0.4) is 0 Å². The van der Waals surface area contributed by atoms with E-state index in [9.17, 15) is 4.79 Å². The Kier molecular flexibility index (Phi) is 5.16. The minimum atomic E-state index is -0.883. The van der Waals surface area contributed by atoms with Gasteiger partial charge in [-0.05, 0) is 36.2 Å². The van der Waals surface area contributed by atoms with Crippen molar-refractivity contribution >= 4 is 17.6 Å². The van der Waals surface area contributed by atoms with E-state index in [2.05, 4.69) is 5.32 Å². The summed E-state index contributed by atoms with van der Waals surface area (Å²) in [5.41, 5.74) is 2.25. The Bertz CT molecular complexity index is 599. The molecule has 4 heteroatoms. The van der Waals surface area contributed by atoms with Gasteiger partial charge in [0.25, 0.3) is 0 Å². The van der Waals surface area contributed by atoms with Gasteiger partial charge in [0.05, 0.1) is 5.56 Å². The van der Waals surface area contributed by atoms with Crippen LogP contribution < -0.4 is 5.32 Å². The fraction of sp³-hybridized carbons (Fsp3) is 0.188. The number of carboxylic acids is 1. The van der Waals surface area contributed by atoms with E-state index in [-0.39, 0.29) is 0 Å². The van der Waals surface area contributed by atoms with E-state index in [0.717, 1.165) is 16.1 Å². The molecule has 0 heterocycles. The lowest BCUT2D eigenvalue weighted by Gasteiger charge is -2.08. The Morgan fingerprint density at radius 3 is 2.40 bits per heavy atom. The molecule has 0 saturated heterocycles. The summed E-state index contributed by atoms with van der Waals surface area (Å²) in [5, 5.41) is 13.1. The maximum Gasteiger partial charge on any atom is 0.335 e. The molecular formula is C16H16ClNO2. The topological polar surface area (TPSA) is 49.3 Å². The third-order valence-electron chi connectivity index (χ3n) is 3.09. The molecule has 2 rings (SSSR count). The van der Waals surface area contributed by atoms with Crippen LogP contribution in [0.1, 0.15) is 21.5 Å². The Morgan fingerprint density at radius 1 is 1.05 bits per heavy atom. The highest BCUT2D eigenvalue weighted by molar-refractivity contribution is 6.31. The second-order valence-corrected chi connectivity index (χ2v) is 4.89. The molecule has 0 atom stereocenters. The van der Waals surface area contributed by atoms with Crippen LogP contribution in [-0.2, 0) is 13.0 Å². The number of carboxylic acid groups (broad SMARTS) is 1. The van der Waals surface area contributed by atoms with Crippen molar-refractivity contribution in [2.24, 2.45) is 0 Å². The number of benzene rings is 2. The summed E-state index contributed by atoms with van der Waals surface area (Å²) >= 11 is 6.07. The van der Waals surface area contributed by atoms with E-state index in [0.29, 0.717) is 25.1 Å². The zero-order valence-electron chi connectivity index (χ0n) is 11.0. The van der Waals surface area contributed by atoms with E-state index < -0.39 is 5.97 Å². The van der Waals surface area contributed by atoms with Crippen LogP contribution in [0.25, 0.3) is 0 Å². The lowest BCUT2D eigenvalue weighted by Crippen LogP contribution is -2.18. The second kappa shape index (κ2) is 7.08. The van der Waals surface area contributed by atoms with Gasteiger partial charge >= 0.3 is 5.97 Å². The largest absolute Gasteiger partial charge is 0.478 e. The quantitative estimate of drug-likeness (QED) is 0.802. The van der Waals surface area contributed by atoms with Crippen LogP contribution >= 0.6 is 11.6 Å². The Hall–Kier alpha value is -1.84. The Morgan fingerprint density at radius 2 is 1.70 bits per heavy atom. The zero-order chi connectivity index (χ0) is 14.4. The van der Waals surface area contributed by atoms with Gasteiger partial charge in [0, 0.05) is 11.6 Å². The summed E-state index contributed by atoms with van der Waals surface area (Å²) in [7, 11) is 0. The van der Waals surface area contributed by atoms with Crippen molar-refractivity contribution in [3.63, 3.8) is 0 Å². The number of nitrogens with one attached hydrogen (secondary N) is 1. The van der Waals surface area contributed by atoms with Crippen molar-refractivity contribution in [3.05, 3.63) is 70.2 Å². The van der Waals surface area contributed by atoms with E-state index >= 15 is 0 Å². The van der Waals surface area contributed by atoms with Crippen molar-refractivity contribution in [1.29, 1.82) is 0 Å². The molecule has 0 unspecified atom stereocenters. The van der Waals surface area contributed by atoms with Crippen molar-refractivity contribution in [3.8, 4) is 0 Å². The lowest BCUT2D eigenvalue weighted by atomic mass is 10.0. The predicted molar refractivity (Wildman–Crippen MR) is 80.3 cm³/mol. The SMILES string of the molecule is O=C(O)c1ccccc1CCNCc1ccccc1Cl. The maximum atomic E-state index is 11.1. The summed E-state index contributed by atoms with van der Waals surface area (Å²) in [6.45, 7) is 1.38. The predicted octanol–water partition coefficient (Wildman–Crippen LogP) is 3.37. The molecular weight excluding hydrogens is 274 g/mol. The first-order chi connectivity index (χ1) is 9.68. The number of hydrogen-bond donors (Lipinski definition) is 2. The molecule has 0 spiro atoms. The van der Waals surface area contributed by atoms with E-state index in [1.807, 2.05) is 36.4 Å². The Balaban J connectivity index is 1.88. The molecule has 104 valence electrons. The Labute approximate surface area is 123 Å². The van der Waals surface area contributed by atoms with Crippen LogP contribution in [0.5, 0.6) is 0 Å². The van der Waals surface area contributed by atoms with Gasteiger partial charge in [-0.1, -0.05) is 48.0 Å². The van der Waals surface area contributed by atoms with E-state index in [1.165, 1.54) is 0 Å². The first-order valence-electron chi connectivity index (χ1n) is 6.44. The van der Waals surface area contributed by atoms with Gasteiger partial charge in [-0.25, -0.2) is 4.79 Å². The monoisotopic (exact) mass is 289 g/mol. The van der Waals surface area contributed by atoms with Gasteiger partial charge in [0.2, 0.25) is 0 Å². The van der Waals surface area contributed by atoms with Gasteiger partial charge in [0.1, 0.15) is 0 Å². The van der Waals surface area contributed by atoms with Crippen LogP contribution in [0.4, 0.5) is 0 Å². The molecule has 0 aliphatic rings. The highest BCUT2D eigenvalue weighted by Gasteiger charge is 2.08. The fourth-order valence-corrected chi connectivity index (χ4v) is 2.24. The average molecular weight is 290 g/mol. The molecule has 0 aliphatic carbocycles. The van der Waals surface area contributed by atoms with E-state index in [1.54, 1.807) is 12.1 Å². The van der Waals surface area contributed by atoms with Crippen LogP contribution in [0.2, 0.25) is 5.02 Å². The van der Waals surface area contributed by atoms with Crippen LogP contribution in [0.15, 0.2) is 48.5 Å². The highest BCUT2D eigenvalue weighted by atomic mass is 35.5. The number of carbonyl (C=O) groups is 1. The van der Waals surface area contributed by atoms with Crippen LogP contribution in [0, 0.1) is 0 Å². The summed E-state index contributed by atoms with van der Waals surface area (Å²) < 4.78 is 0. The van der Waals surface area contributed by atoms with Crippen molar-refractivity contribution in [2.45, 2.75) is 13.0 Å². The van der Waals surface area contributed by atoms with Gasteiger partial charge < -0.3 is 10.4 Å². The fourth-order valence-electron chi connectivity index (χ4n) is 2.03. The van der Waals surface area contributed by atoms with Crippen molar-refractivity contribution < 1.29 is 9.90 Å². The summed E-state index contributed by atoms with van der Waals surface area (Å²) in [5.74, 6) is -0.883. The number of aromatic carboxylic acids is 1. The first-order valence-corrected chi connectivity index (χ1v) is 6.81. The van der Waals surface area contributed by atoms with Gasteiger partial charge in [0.15, 0.2) is 0 Å². The van der Waals surface area contributed by atoms with Crippen LogP contribution in [-0.4, -0.2) is 17.6 Å². The average Bonchev–Trinajstić information content (AvgIpc) is 2.45. The molecule has 3 nitrogen and oxygen atoms in total. The van der Waals surface area contributed by atoms with Gasteiger partial charge in [-0.15, -0.1) is 0 Å². The molecule has 20 heavy (non-hydrogen) atoms. The zero-order valence-corrected chi connectivity index (χ0v) is 11.7. The molecule has 0 saturated carbocycles. The third-order valence-corrected chi connectivity index (χ3v) is 3.46. The molecule has 0 amide bonds. The molecule has 0 radical (unpaired) electrons. The lowest BCUT2D eigenvalue weighted by molar-refractivity contribution is 0.0695. The molecule has 0 aromatic heterocycles. The third kappa shape index (κ3) is 3.83. The first kappa shape index (κ1) is 14.6. The number of rotatable bonds is 6. The highest BCUT2D eigenvalue weighted by Crippen LogP contribution is 2.14. The van der Waals surface area contributed by atoms with E-state index in [4.69, 9.17) is 16.7 Å². The maximum absolute atomic E-state index is 11.1. The minimum absolute atomic E-state index is 0.368. The van der Waals surface area contributed by atoms with Gasteiger partial charge in [-0.2, -0.15) is 0 Å². The molecule has 2 N–H and O–H groups in total. The normalized spacial score (nSPS) is 10.4. The number of halogens is 1. The van der Waals surface area contributed by atoms with Crippen molar-refractivity contribution in [2.75, 3.05) is 6.54 Å². The molecule has 0 bridgehead atoms. The minimum Gasteiger partial charge on any atom is -0.478 e. The molecule has 0 fully saturated rings. The second-order valence-electron chi connectivity index (χ2n) is 4.48.